The second-order valence-corrected chi connectivity index (χ2v) is 5.92. The average Bonchev–Trinajstić information content (AvgIpc) is 2.99. The van der Waals surface area contributed by atoms with Crippen molar-refractivity contribution in [2.45, 2.75) is 11.3 Å². The van der Waals surface area contributed by atoms with E-state index in [4.69, 9.17) is 10.5 Å². The number of benzene rings is 1. The second kappa shape index (κ2) is 6.94. The zero-order valence-electron chi connectivity index (χ0n) is 13.2. The number of fused-ring (bicyclic) bond motifs is 1. The van der Waals surface area contributed by atoms with Gasteiger partial charge in [0.15, 0.2) is 10.9 Å². The number of primary amides is 1. The lowest BCUT2D eigenvalue weighted by atomic mass is 10.1. The molecule has 1 aromatic carbocycles. The minimum absolute atomic E-state index is 0.0818. The van der Waals surface area contributed by atoms with Crippen LogP contribution in [0, 0.1) is 5.82 Å². The summed E-state index contributed by atoms with van der Waals surface area (Å²) in [6.45, 7) is 0. The Hall–Kier alpha value is -2.87. The first kappa shape index (κ1) is 17.0. The molecule has 0 aliphatic carbocycles. The molecular formula is C17H14FN3O3S. The van der Waals surface area contributed by atoms with Crippen LogP contribution < -0.4 is 5.73 Å². The number of ether oxygens (including phenoxy) is 1. The van der Waals surface area contributed by atoms with Crippen LogP contribution in [0.25, 0.3) is 5.52 Å². The third-order valence-corrected chi connectivity index (χ3v) is 4.20. The summed E-state index contributed by atoms with van der Waals surface area (Å²) in [6, 6.07) is 10.3. The Bertz CT molecular complexity index is 940. The molecule has 128 valence electrons. The standard InChI is InChI=1S/C17H14FN3O3S/c1-25-17-20-13(12-4-2-3-9-21(12)17)16(23)24-14(15(19)22)10-5-7-11(18)8-6-10/h2-9,14H,1H3,(H2,19,22). The first-order chi connectivity index (χ1) is 12.0. The monoisotopic (exact) mass is 359 g/mol. The van der Waals surface area contributed by atoms with Crippen molar-refractivity contribution in [3.8, 4) is 0 Å². The summed E-state index contributed by atoms with van der Waals surface area (Å²) in [5, 5.41) is 0.611. The first-order valence-corrected chi connectivity index (χ1v) is 8.50. The van der Waals surface area contributed by atoms with Crippen molar-refractivity contribution in [1.29, 1.82) is 0 Å². The van der Waals surface area contributed by atoms with E-state index in [0.29, 0.717) is 10.7 Å². The topological polar surface area (TPSA) is 86.7 Å². The predicted octanol–water partition coefficient (Wildman–Crippen LogP) is 2.58. The molecule has 1 atom stereocenters. The van der Waals surface area contributed by atoms with Gasteiger partial charge in [-0.25, -0.2) is 14.2 Å². The summed E-state index contributed by atoms with van der Waals surface area (Å²) >= 11 is 1.37. The molecule has 0 aliphatic heterocycles. The predicted molar refractivity (Wildman–Crippen MR) is 90.7 cm³/mol. The number of esters is 1. The molecule has 0 aliphatic rings. The molecule has 3 aromatic rings. The summed E-state index contributed by atoms with van der Waals surface area (Å²) in [7, 11) is 0. The molecule has 2 heterocycles. The molecule has 2 aromatic heterocycles. The third-order valence-electron chi connectivity index (χ3n) is 3.55. The molecule has 8 heteroatoms. The van der Waals surface area contributed by atoms with Crippen LogP contribution in [0.1, 0.15) is 22.2 Å². The highest BCUT2D eigenvalue weighted by Crippen LogP contribution is 2.24. The lowest BCUT2D eigenvalue weighted by molar-refractivity contribution is -0.127. The highest BCUT2D eigenvalue weighted by atomic mass is 32.2. The SMILES string of the molecule is CSc1nc(C(=O)OC(C(N)=O)c2ccc(F)cc2)c2ccccn12. The Kier molecular flexibility index (Phi) is 4.71. The Morgan fingerprint density at radius 2 is 1.96 bits per heavy atom. The number of aromatic nitrogens is 2. The quantitative estimate of drug-likeness (QED) is 0.559. The van der Waals surface area contributed by atoms with Crippen molar-refractivity contribution in [3.63, 3.8) is 0 Å². The average molecular weight is 359 g/mol. The van der Waals surface area contributed by atoms with Gasteiger partial charge in [-0.15, -0.1) is 0 Å². The van der Waals surface area contributed by atoms with Crippen molar-refractivity contribution < 1.29 is 18.7 Å². The van der Waals surface area contributed by atoms with Crippen LogP contribution >= 0.6 is 11.8 Å². The lowest BCUT2D eigenvalue weighted by Gasteiger charge is -2.14. The van der Waals surface area contributed by atoms with Gasteiger partial charge in [-0.1, -0.05) is 30.0 Å². The molecular weight excluding hydrogens is 345 g/mol. The normalized spacial score (nSPS) is 12.1. The zero-order chi connectivity index (χ0) is 18.0. The number of hydrogen-bond donors (Lipinski definition) is 1. The van der Waals surface area contributed by atoms with Gasteiger partial charge in [0.25, 0.3) is 5.91 Å². The maximum Gasteiger partial charge on any atom is 0.360 e. The van der Waals surface area contributed by atoms with Gasteiger partial charge in [0.1, 0.15) is 5.82 Å². The number of carbonyl (C=O) groups excluding carboxylic acids is 2. The maximum atomic E-state index is 13.1. The van der Waals surface area contributed by atoms with E-state index in [1.54, 1.807) is 22.7 Å². The Balaban J connectivity index is 1.95. The van der Waals surface area contributed by atoms with Crippen LogP contribution in [-0.4, -0.2) is 27.5 Å². The minimum Gasteiger partial charge on any atom is -0.443 e. The van der Waals surface area contributed by atoms with Gasteiger partial charge in [-0.05, 0) is 30.5 Å². The van der Waals surface area contributed by atoms with E-state index in [1.165, 1.54) is 23.9 Å². The van der Waals surface area contributed by atoms with Crippen LogP contribution in [0.4, 0.5) is 4.39 Å². The second-order valence-electron chi connectivity index (χ2n) is 5.14. The highest BCUT2D eigenvalue weighted by molar-refractivity contribution is 7.98. The number of imidazole rings is 1. The molecule has 2 N–H and O–H groups in total. The van der Waals surface area contributed by atoms with Crippen molar-refractivity contribution >= 4 is 29.2 Å². The molecule has 0 saturated carbocycles. The fourth-order valence-corrected chi connectivity index (χ4v) is 2.93. The van der Waals surface area contributed by atoms with Crippen LogP contribution in [0.5, 0.6) is 0 Å². The van der Waals surface area contributed by atoms with E-state index in [-0.39, 0.29) is 11.3 Å². The molecule has 1 amide bonds. The summed E-state index contributed by atoms with van der Waals surface area (Å²) in [6.07, 6.45) is 2.28. The van der Waals surface area contributed by atoms with Gasteiger partial charge in [0.05, 0.1) is 5.52 Å². The highest BCUT2D eigenvalue weighted by Gasteiger charge is 2.26. The van der Waals surface area contributed by atoms with Crippen LogP contribution in [0.2, 0.25) is 0 Å². The Labute approximate surface area is 146 Å². The molecule has 0 spiro atoms. The van der Waals surface area contributed by atoms with Crippen LogP contribution in [-0.2, 0) is 9.53 Å². The van der Waals surface area contributed by atoms with Crippen molar-refractivity contribution in [1.82, 2.24) is 9.38 Å². The summed E-state index contributed by atoms with van der Waals surface area (Å²) in [5.74, 6) is -2.10. The van der Waals surface area contributed by atoms with E-state index in [9.17, 15) is 14.0 Å². The smallest absolute Gasteiger partial charge is 0.360 e. The molecule has 3 rings (SSSR count). The van der Waals surface area contributed by atoms with Gasteiger partial charge in [0, 0.05) is 11.8 Å². The molecule has 0 fully saturated rings. The number of carbonyl (C=O) groups is 2. The van der Waals surface area contributed by atoms with Crippen LogP contribution in [0.15, 0.2) is 53.8 Å². The molecule has 0 radical (unpaired) electrons. The van der Waals surface area contributed by atoms with Gasteiger partial charge in [-0.3, -0.25) is 9.20 Å². The van der Waals surface area contributed by atoms with Crippen LogP contribution in [0.3, 0.4) is 0 Å². The number of thioether (sulfide) groups is 1. The molecule has 25 heavy (non-hydrogen) atoms. The third kappa shape index (κ3) is 3.34. The van der Waals surface area contributed by atoms with E-state index >= 15 is 0 Å². The number of pyridine rings is 1. The molecule has 6 nitrogen and oxygen atoms in total. The Morgan fingerprint density at radius 3 is 2.60 bits per heavy atom. The van der Waals surface area contributed by atoms with E-state index in [2.05, 4.69) is 4.98 Å². The Morgan fingerprint density at radius 1 is 1.24 bits per heavy atom. The fraction of sp³-hybridized carbons (Fsp3) is 0.118. The number of nitrogens with two attached hydrogens (primary N) is 1. The van der Waals surface area contributed by atoms with Gasteiger partial charge < -0.3 is 10.5 Å². The van der Waals surface area contributed by atoms with E-state index in [1.807, 2.05) is 12.3 Å². The molecule has 0 saturated heterocycles. The number of halogens is 1. The minimum atomic E-state index is -1.33. The fourth-order valence-electron chi connectivity index (χ4n) is 2.39. The summed E-state index contributed by atoms with van der Waals surface area (Å²) in [4.78, 5) is 28.5. The lowest BCUT2D eigenvalue weighted by Crippen LogP contribution is -2.26. The number of hydrogen-bond acceptors (Lipinski definition) is 5. The molecule has 1 unspecified atom stereocenters. The van der Waals surface area contributed by atoms with Gasteiger partial charge >= 0.3 is 5.97 Å². The number of nitrogens with zero attached hydrogens (tertiary/aromatic N) is 2. The first-order valence-electron chi connectivity index (χ1n) is 7.28. The van der Waals surface area contributed by atoms with Gasteiger partial charge in [0.2, 0.25) is 6.10 Å². The van der Waals surface area contributed by atoms with E-state index < -0.39 is 23.8 Å². The summed E-state index contributed by atoms with van der Waals surface area (Å²) in [5.41, 5.74) is 6.26. The van der Waals surface area contributed by atoms with Gasteiger partial charge in [-0.2, -0.15) is 0 Å². The zero-order valence-corrected chi connectivity index (χ0v) is 14.0. The van der Waals surface area contributed by atoms with E-state index in [0.717, 1.165) is 12.1 Å². The summed E-state index contributed by atoms with van der Waals surface area (Å²) < 4.78 is 20.1. The van der Waals surface area contributed by atoms with Crippen molar-refractivity contribution in [2.75, 3.05) is 6.26 Å². The van der Waals surface area contributed by atoms with Crippen molar-refractivity contribution in [2.24, 2.45) is 5.73 Å². The largest absolute Gasteiger partial charge is 0.443 e. The number of rotatable bonds is 5. The maximum absolute atomic E-state index is 13.1. The number of amides is 1. The van der Waals surface area contributed by atoms with Crippen molar-refractivity contribution in [3.05, 3.63) is 65.7 Å². The molecule has 0 bridgehead atoms.